The highest BCUT2D eigenvalue weighted by Crippen LogP contribution is 2.31. The molecule has 0 bridgehead atoms. The number of carboxylic acids is 1. The molecular weight excluding hydrogens is 368 g/mol. The Kier molecular flexibility index (Phi) is 7.84. The van der Waals surface area contributed by atoms with Crippen molar-refractivity contribution in [3.63, 3.8) is 0 Å². The van der Waals surface area contributed by atoms with E-state index < -0.39 is 17.3 Å². The van der Waals surface area contributed by atoms with Crippen molar-refractivity contribution < 1.29 is 19.5 Å². The molecule has 0 aliphatic carbocycles. The molecular formula is C20H29ClN2O4. The molecule has 1 aromatic rings. The number of hydrogen-bond acceptors (Lipinski definition) is 3. The molecule has 150 valence electrons. The standard InChI is InChI=1S/C20H29ClN2O4/c1-6-19(4,5)23-17(25)14-10-9-13(11-15(14)21)22-16(24)12-20(7-2,8-3)18(26)27/h9-11H,6-8,12H2,1-5H3,(H,22,24)(H,23,25)(H,26,27). The number of carbonyl (C=O) groups is 3. The maximum atomic E-state index is 12.4. The number of carboxylic acid groups (broad SMARTS) is 1. The van der Waals surface area contributed by atoms with Gasteiger partial charge in [-0.2, -0.15) is 0 Å². The summed E-state index contributed by atoms with van der Waals surface area (Å²) in [5.41, 5.74) is -0.700. The third kappa shape index (κ3) is 5.96. The zero-order valence-corrected chi connectivity index (χ0v) is 17.4. The van der Waals surface area contributed by atoms with Gasteiger partial charge in [-0.15, -0.1) is 0 Å². The maximum absolute atomic E-state index is 12.4. The summed E-state index contributed by atoms with van der Waals surface area (Å²) >= 11 is 6.21. The van der Waals surface area contributed by atoms with Gasteiger partial charge in [0.25, 0.3) is 5.91 Å². The van der Waals surface area contributed by atoms with Crippen LogP contribution in [0.15, 0.2) is 18.2 Å². The summed E-state index contributed by atoms with van der Waals surface area (Å²) in [7, 11) is 0. The Morgan fingerprint density at radius 3 is 2.11 bits per heavy atom. The van der Waals surface area contributed by atoms with Gasteiger partial charge in [-0.05, 0) is 51.3 Å². The molecule has 0 saturated heterocycles. The quantitative estimate of drug-likeness (QED) is 0.573. The van der Waals surface area contributed by atoms with Gasteiger partial charge in [-0.25, -0.2) is 0 Å². The number of amides is 2. The second kappa shape index (κ2) is 9.22. The van der Waals surface area contributed by atoms with Crippen LogP contribution in [0.2, 0.25) is 5.02 Å². The van der Waals surface area contributed by atoms with Crippen molar-refractivity contribution in [2.45, 2.75) is 65.8 Å². The van der Waals surface area contributed by atoms with Crippen LogP contribution in [0.25, 0.3) is 0 Å². The number of carbonyl (C=O) groups excluding carboxylic acids is 2. The Hall–Kier alpha value is -2.08. The maximum Gasteiger partial charge on any atom is 0.310 e. The summed E-state index contributed by atoms with van der Waals surface area (Å²) in [6, 6.07) is 4.62. The van der Waals surface area contributed by atoms with Crippen LogP contribution in [-0.2, 0) is 9.59 Å². The predicted octanol–water partition coefficient (Wildman–Crippen LogP) is 4.48. The first-order valence-corrected chi connectivity index (χ1v) is 9.53. The normalized spacial score (nSPS) is 11.8. The van der Waals surface area contributed by atoms with Crippen molar-refractivity contribution in [1.29, 1.82) is 0 Å². The number of halogens is 1. The highest BCUT2D eigenvalue weighted by atomic mass is 35.5. The van der Waals surface area contributed by atoms with Crippen molar-refractivity contribution in [2.75, 3.05) is 5.32 Å². The smallest absolute Gasteiger partial charge is 0.310 e. The minimum absolute atomic E-state index is 0.125. The Balaban J connectivity index is 2.89. The molecule has 0 radical (unpaired) electrons. The van der Waals surface area contributed by atoms with Crippen LogP contribution in [-0.4, -0.2) is 28.4 Å². The fourth-order valence-electron chi connectivity index (χ4n) is 2.63. The average molecular weight is 397 g/mol. The topological polar surface area (TPSA) is 95.5 Å². The van der Waals surface area contributed by atoms with Gasteiger partial charge in [0, 0.05) is 17.6 Å². The summed E-state index contributed by atoms with van der Waals surface area (Å²) in [4.78, 5) is 36.2. The number of nitrogens with one attached hydrogen (secondary N) is 2. The molecule has 0 spiro atoms. The Morgan fingerprint density at radius 2 is 1.67 bits per heavy atom. The molecule has 0 heterocycles. The molecule has 27 heavy (non-hydrogen) atoms. The van der Waals surface area contributed by atoms with E-state index >= 15 is 0 Å². The van der Waals surface area contributed by atoms with E-state index in [9.17, 15) is 19.5 Å². The molecule has 7 heteroatoms. The van der Waals surface area contributed by atoms with E-state index in [1.54, 1.807) is 26.0 Å². The SMILES string of the molecule is CCC(C)(C)NC(=O)c1ccc(NC(=O)CC(CC)(CC)C(=O)O)cc1Cl. The van der Waals surface area contributed by atoms with E-state index in [0.29, 0.717) is 24.1 Å². The van der Waals surface area contributed by atoms with Gasteiger partial charge >= 0.3 is 5.97 Å². The number of benzene rings is 1. The second-order valence-corrected chi connectivity index (χ2v) is 7.81. The molecule has 0 unspecified atom stereocenters. The first-order valence-electron chi connectivity index (χ1n) is 9.15. The molecule has 0 aromatic heterocycles. The summed E-state index contributed by atoms with van der Waals surface area (Å²) < 4.78 is 0. The van der Waals surface area contributed by atoms with Gasteiger partial charge in [0.1, 0.15) is 0 Å². The zero-order valence-electron chi connectivity index (χ0n) is 16.6. The van der Waals surface area contributed by atoms with E-state index in [2.05, 4.69) is 10.6 Å². The highest BCUT2D eigenvalue weighted by Gasteiger charge is 2.37. The minimum Gasteiger partial charge on any atom is -0.481 e. The van der Waals surface area contributed by atoms with Gasteiger partial charge in [0.05, 0.1) is 16.0 Å². The van der Waals surface area contributed by atoms with Crippen LogP contribution in [0.1, 0.15) is 70.7 Å². The monoisotopic (exact) mass is 396 g/mol. The third-order valence-corrected chi connectivity index (χ3v) is 5.45. The van der Waals surface area contributed by atoms with Crippen LogP contribution in [0.5, 0.6) is 0 Å². The van der Waals surface area contributed by atoms with Crippen LogP contribution in [0, 0.1) is 5.41 Å². The minimum atomic E-state index is -1.08. The Morgan fingerprint density at radius 1 is 1.07 bits per heavy atom. The number of aliphatic carboxylic acids is 1. The summed E-state index contributed by atoms with van der Waals surface area (Å²) in [5, 5.41) is 15.2. The van der Waals surface area contributed by atoms with Crippen molar-refractivity contribution in [3.05, 3.63) is 28.8 Å². The molecule has 1 rings (SSSR count). The lowest BCUT2D eigenvalue weighted by atomic mass is 9.79. The summed E-state index contributed by atoms with van der Waals surface area (Å²) in [5.74, 6) is -1.67. The van der Waals surface area contributed by atoms with Crippen LogP contribution in [0.3, 0.4) is 0 Å². The van der Waals surface area contributed by atoms with Crippen molar-refractivity contribution >= 4 is 35.1 Å². The fraction of sp³-hybridized carbons (Fsp3) is 0.550. The number of rotatable bonds is 9. The molecule has 1 aromatic carbocycles. The number of anilines is 1. The Labute approximate surface area is 165 Å². The molecule has 0 fully saturated rings. The second-order valence-electron chi connectivity index (χ2n) is 7.40. The first kappa shape index (κ1) is 23.0. The average Bonchev–Trinajstić information content (AvgIpc) is 2.59. The van der Waals surface area contributed by atoms with Gasteiger partial charge in [-0.3, -0.25) is 14.4 Å². The number of hydrogen-bond donors (Lipinski definition) is 3. The molecule has 2 amide bonds. The lowest BCUT2D eigenvalue weighted by Gasteiger charge is -2.26. The van der Waals surface area contributed by atoms with Crippen molar-refractivity contribution in [3.8, 4) is 0 Å². The van der Waals surface area contributed by atoms with E-state index in [-0.39, 0.29) is 22.9 Å². The third-order valence-electron chi connectivity index (χ3n) is 5.14. The molecule has 0 saturated carbocycles. The predicted molar refractivity (Wildman–Crippen MR) is 107 cm³/mol. The highest BCUT2D eigenvalue weighted by molar-refractivity contribution is 6.34. The Bertz CT molecular complexity index is 712. The molecule has 6 nitrogen and oxygen atoms in total. The van der Waals surface area contributed by atoms with Gasteiger partial charge in [0.15, 0.2) is 0 Å². The van der Waals surface area contributed by atoms with Crippen molar-refractivity contribution in [1.82, 2.24) is 5.32 Å². The van der Waals surface area contributed by atoms with E-state index in [4.69, 9.17) is 11.6 Å². The van der Waals surface area contributed by atoms with Crippen LogP contribution in [0.4, 0.5) is 5.69 Å². The largest absolute Gasteiger partial charge is 0.481 e. The molecule has 0 aliphatic heterocycles. The first-order chi connectivity index (χ1) is 12.5. The van der Waals surface area contributed by atoms with Crippen molar-refractivity contribution in [2.24, 2.45) is 5.41 Å². The van der Waals surface area contributed by atoms with Crippen LogP contribution >= 0.6 is 11.6 Å². The summed E-state index contributed by atoms with van der Waals surface area (Å²) in [6.07, 6.45) is 1.36. The molecule has 3 N–H and O–H groups in total. The van der Waals surface area contributed by atoms with E-state index in [0.717, 1.165) is 6.42 Å². The fourth-order valence-corrected chi connectivity index (χ4v) is 2.90. The lowest BCUT2D eigenvalue weighted by Crippen LogP contribution is -2.42. The van der Waals surface area contributed by atoms with Gasteiger partial charge in [-0.1, -0.05) is 32.4 Å². The molecule has 0 atom stereocenters. The molecule has 0 aliphatic rings. The van der Waals surface area contributed by atoms with Gasteiger partial charge in [0.2, 0.25) is 5.91 Å². The lowest BCUT2D eigenvalue weighted by molar-refractivity contribution is -0.151. The van der Waals surface area contributed by atoms with E-state index in [1.807, 2.05) is 20.8 Å². The van der Waals surface area contributed by atoms with E-state index in [1.165, 1.54) is 6.07 Å². The zero-order chi connectivity index (χ0) is 20.8. The summed E-state index contributed by atoms with van der Waals surface area (Å²) in [6.45, 7) is 9.33. The van der Waals surface area contributed by atoms with Gasteiger partial charge < -0.3 is 15.7 Å². The van der Waals surface area contributed by atoms with Crippen LogP contribution < -0.4 is 10.6 Å².